The summed E-state index contributed by atoms with van der Waals surface area (Å²) in [6.45, 7) is 14.3. The topological polar surface area (TPSA) is 9.23 Å². The minimum atomic E-state index is -0.537. The molecule has 0 fully saturated rings. The van der Waals surface area contributed by atoms with E-state index in [-0.39, 0.29) is 30.2 Å². The van der Waals surface area contributed by atoms with Crippen LogP contribution in [-0.2, 0) is 22.9 Å². The van der Waals surface area contributed by atoms with Crippen LogP contribution in [0.5, 0.6) is 0 Å². The van der Waals surface area contributed by atoms with Gasteiger partial charge in [-0.25, -0.2) is 0 Å². The molecule has 1 aromatic carbocycles. The van der Waals surface area contributed by atoms with Crippen LogP contribution >= 0.6 is 0 Å². The maximum Gasteiger partial charge on any atom is -1.00 e. The van der Waals surface area contributed by atoms with Crippen molar-refractivity contribution in [3.63, 3.8) is 0 Å². The average Bonchev–Trinajstić information content (AvgIpc) is 2.63. The molecule has 0 aromatic heterocycles. The maximum absolute atomic E-state index is 6.07. The molecular formula is C19H26Cl2OTi. The molecular weight excluding hydrogens is 363 g/mol. The molecule has 1 nitrogen and oxygen atoms in total. The van der Waals surface area contributed by atoms with Crippen molar-refractivity contribution in [3.05, 3.63) is 47.1 Å². The van der Waals surface area contributed by atoms with E-state index in [1.54, 1.807) is 0 Å². The fourth-order valence-corrected chi connectivity index (χ4v) is 4.52. The van der Waals surface area contributed by atoms with Gasteiger partial charge < -0.3 is 24.8 Å². The number of benzene rings is 1. The number of halogens is 2. The second-order valence-corrected chi connectivity index (χ2v) is 8.78. The minimum Gasteiger partial charge on any atom is -1.00 e. The summed E-state index contributed by atoms with van der Waals surface area (Å²) in [4.78, 5) is 0. The van der Waals surface area contributed by atoms with Gasteiger partial charge in [-0.05, 0) is 0 Å². The number of hydrogen-bond donors (Lipinski definition) is 0. The Balaban J connectivity index is 0.00000242. The Morgan fingerprint density at radius 1 is 1.09 bits per heavy atom. The number of rotatable bonds is 4. The normalized spacial score (nSPS) is 17.1. The van der Waals surface area contributed by atoms with Crippen LogP contribution in [0.4, 0.5) is 0 Å². The van der Waals surface area contributed by atoms with Crippen molar-refractivity contribution < 1.29 is 47.7 Å². The van der Waals surface area contributed by atoms with Gasteiger partial charge in [-0.3, -0.25) is 0 Å². The summed E-state index contributed by atoms with van der Waals surface area (Å²) >= 11 is -0.537. The van der Waals surface area contributed by atoms with Crippen molar-refractivity contribution in [1.82, 2.24) is 0 Å². The monoisotopic (exact) mass is 388 g/mol. The third-order valence-electron chi connectivity index (χ3n) is 3.86. The number of hydrogen-bond acceptors (Lipinski definition) is 1. The predicted octanol–water partition coefficient (Wildman–Crippen LogP) is -1.25. The molecule has 0 N–H and O–H groups in total. The first-order chi connectivity index (χ1) is 9.79. The molecule has 0 amide bonds. The first-order valence-corrected chi connectivity index (χ1v) is 9.08. The Morgan fingerprint density at radius 2 is 1.70 bits per heavy atom. The van der Waals surface area contributed by atoms with Gasteiger partial charge in [0.05, 0.1) is 0 Å². The van der Waals surface area contributed by atoms with Crippen molar-refractivity contribution in [2.45, 2.75) is 41.5 Å². The van der Waals surface area contributed by atoms with Crippen molar-refractivity contribution in [1.29, 1.82) is 0 Å². The summed E-state index contributed by atoms with van der Waals surface area (Å²) in [5, 5.41) is 0. The second kappa shape index (κ2) is 9.44. The third-order valence-corrected chi connectivity index (χ3v) is 5.33. The van der Waals surface area contributed by atoms with Crippen LogP contribution in [-0.4, -0.2) is 6.61 Å². The van der Waals surface area contributed by atoms with Gasteiger partial charge in [-0.15, -0.1) is 0 Å². The second-order valence-electron chi connectivity index (χ2n) is 7.17. The molecule has 23 heavy (non-hydrogen) atoms. The van der Waals surface area contributed by atoms with Gasteiger partial charge in [-0.2, -0.15) is 0 Å². The van der Waals surface area contributed by atoms with E-state index in [0.29, 0.717) is 5.92 Å². The van der Waals surface area contributed by atoms with E-state index in [9.17, 15) is 0 Å². The van der Waals surface area contributed by atoms with Crippen LogP contribution in [0.1, 0.15) is 47.1 Å². The van der Waals surface area contributed by atoms with Gasteiger partial charge in [0.2, 0.25) is 0 Å². The summed E-state index contributed by atoms with van der Waals surface area (Å²) in [7, 11) is 0. The molecule has 0 saturated heterocycles. The van der Waals surface area contributed by atoms with Crippen LogP contribution in [0.2, 0.25) is 0 Å². The van der Waals surface area contributed by atoms with E-state index in [1.165, 1.54) is 26.2 Å². The van der Waals surface area contributed by atoms with Crippen LogP contribution in [0.3, 0.4) is 0 Å². The largest absolute Gasteiger partial charge is 1.00 e. The van der Waals surface area contributed by atoms with Crippen LogP contribution in [0.15, 0.2) is 41.5 Å². The van der Waals surface area contributed by atoms with Crippen LogP contribution < -0.4 is 28.7 Å². The van der Waals surface area contributed by atoms with Gasteiger partial charge in [0.25, 0.3) is 0 Å². The van der Waals surface area contributed by atoms with Crippen molar-refractivity contribution >= 4 is 9.44 Å². The first-order valence-electron chi connectivity index (χ1n) is 7.66. The van der Waals surface area contributed by atoms with E-state index in [1.807, 2.05) is 0 Å². The van der Waals surface area contributed by atoms with Crippen LogP contribution in [0.25, 0.3) is 5.57 Å². The molecule has 0 radical (unpaired) electrons. The van der Waals surface area contributed by atoms with Gasteiger partial charge in [-0.1, -0.05) is 0 Å². The summed E-state index contributed by atoms with van der Waals surface area (Å²) in [6.07, 6.45) is 2.37. The summed E-state index contributed by atoms with van der Waals surface area (Å²) in [5.74, 6) is 0.514. The molecule has 1 aliphatic carbocycles. The molecule has 1 aromatic rings. The molecule has 2 rings (SSSR count). The summed E-state index contributed by atoms with van der Waals surface area (Å²) in [6, 6.07) is 8.80. The standard InChI is InChI=1S/C14H15.C5H11O.2ClH.Ti/c1-10-9-11(2)14(12(10)3)13-7-5-4-6-8-13;1-5(2,3)4-6;;;/h4-7,9,11H,1-3H3;4H2,1-3H3;2*1H;/q;-1;;;+3/p-2. The Morgan fingerprint density at radius 3 is 2.22 bits per heavy atom. The molecule has 0 aliphatic heterocycles. The Hall–Kier alpha value is -0.0457. The van der Waals surface area contributed by atoms with Gasteiger partial charge >= 0.3 is 139 Å². The number of allylic oxidation sites excluding steroid dienone is 4. The molecule has 1 atom stereocenters. The molecule has 4 heteroatoms. The zero-order valence-electron chi connectivity index (χ0n) is 14.8. The van der Waals surface area contributed by atoms with E-state index >= 15 is 0 Å². The summed E-state index contributed by atoms with van der Waals surface area (Å²) < 4.78 is 7.49. The average molecular weight is 389 g/mol. The van der Waals surface area contributed by atoms with Crippen molar-refractivity contribution in [2.75, 3.05) is 6.61 Å². The van der Waals surface area contributed by atoms with Gasteiger partial charge in [0.15, 0.2) is 0 Å². The molecule has 1 aliphatic rings. The molecule has 0 bridgehead atoms. The fraction of sp³-hybridized carbons (Fsp3) is 0.474. The smallest absolute Gasteiger partial charge is 1.00 e. The van der Waals surface area contributed by atoms with Crippen LogP contribution in [0, 0.1) is 11.3 Å². The Bertz CT molecular complexity index is 585. The third kappa shape index (κ3) is 6.07. The molecule has 126 valence electrons. The summed E-state index contributed by atoms with van der Waals surface area (Å²) in [5.41, 5.74) is 6.00. The first kappa shape index (κ1) is 23.0. The quantitative estimate of drug-likeness (QED) is 0.585. The molecule has 0 saturated carbocycles. The molecule has 0 heterocycles. The maximum atomic E-state index is 6.07. The minimum absolute atomic E-state index is 0. The fourth-order valence-electron chi connectivity index (χ4n) is 2.72. The zero-order valence-corrected chi connectivity index (χ0v) is 17.9. The van der Waals surface area contributed by atoms with Crippen molar-refractivity contribution in [3.8, 4) is 0 Å². The van der Waals surface area contributed by atoms with E-state index in [4.69, 9.17) is 3.32 Å². The van der Waals surface area contributed by atoms with E-state index in [0.717, 1.165) is 6.61 Å². The van der Waals surface area contributed by atoms with E-state index in [2.05, 4.69) is 71.9 Å². The van der Waals surface area contributed by atoms with E-state index < -0.39 is 19.5 Å². The molecule has 0 spiro atoms. The zero-order chi connectivity index (χ0) is 15.6. The Labute approximate surface area is 163 Å². The molecule has 1 unspecified atom stereocenters. The van der Waals surface area contributed by atoms with Gasteiger partial charge in [0, 0.05) is 0 Å². The van der Waals surface area contributed by atoms with Gasteiger partial charge in [0.1, 0.15) is 0 Å². The predicted molar refractivity (Wildman–Crippen MR) is 87.0 cm³/mol. The van der Waals surface area contributed by atoms with Crippen molar-refractivity contribution in [2.24, 2.45) is 11.3 Å². The Kier molecular flexibility index (Phi) is 9.42. The SMILES string of the molecule is CC1=CC(C)C(c2cccc[c]2[Ti+2][O]CC(C)(C)C)=C1C.[Cl-].[Cl-].